The van der Waals surface area contributed by atoms with Gasteiger partial charge in [-0.1, -0.05) is 62.4 Å². The zero-order chi connectivity index (χ0) is 17.4. The van der Waals surface area contributed by atoms with Crippen LogP contribution in [0, 0.1) is 5.92 Å². The van der Waals surface area contributed by atoms with Crippen LogP contribution in [0.15, 0.2) is 72.1 Å². The first-order valence-electron chi connectivity index (χ1n) is 8.30. The summed E-state index contributed by atoms with van der Waals surface area (Å²) in [6, 6.07) is 18.0. The van der Waals surface area contributed by atoms with Crippen molar-refractivity contribution in [3.05, 3.63) is 78.4 Å². The molecule has 2 aromatic carbocycles. The van der Waals surface area contributed by atoms with Gasteiger partial charge in [-0.15, -0.1) is 18.3 Å². The van der Waals surface area contributed by atoms with Crippen LogP contribution < -0.4 is 5.32 Å². The number of thioether (sulfide) groups is 1. The van der Waals surface area contributed by atoms with E-state index in [-0.39, 0.29) is 11.9 Å². The highest BCUT2D eigenvalue weighted by molar-refractivity contribution is 7.99. The molecule has 3 heteroatoms. The molecule has 0 aliphatic heterocycles. The number of hydrogen-bond acceptors (Lipinski definition) is 2. The summed E-state index contributed by atoms with van der Waals surface area (Å²) in [6.45, 7) is 8.10. The van der Waals surface area contributed by atoms with Gasteiger partial charge in [0.05, 0.1) is 11.6 Å². The number of rotatable bonds is 8. The van der Waals surface area contributed by atoms with Crippen molar-refractivity contribution in [2.24, 2.45) is 5.92 Å². The van der Waals surface area contributed by atoms with Gasteiger partial charge in [0.25, 0.3) is 5.91 Å². The molecule has 1 atom stereocenters. The Balaban J connectivity index is 2.20. The fourth-order valence-electron chi connectivity index (χ4n) is 2.60. The highest BCUT2D eigenvalue weighted by atomic mass is 32.2. The van der Waals surface area contributed by atoms with Gasteiger partial charge >= 0.3 is 0 Å². The molecule has 0 aromatic heterocycles. The van der Waals surface area contributed by atoms with Crippen LogP contribution in [-0.2, 0) is 0 Å². The monoisotopic (exact) mass is 339 g/mol. The first kappa shape index (κ1) is 18.3. The van der Waals surface area contributed by atoms with E-state index in [2.05, 4.69) is 37.9 Å². The Bertz CT molecular complexity index is 667. The maximum absolute atomic E-state index is 12.8. The summed E-state index contributed by atoms with van der Waals surface area (Å²) in [4.78, 5) is 13.8. The van der Waals surface area contributed by atoms with Gasteiger partial charge in [-0.3, -0.25) is 4.79 Å². The van der Waals surface area contributed by atoms with E-state index < -0.39 is 0 Å². The molecule has 0 fully saturated rings. The molecule has 126 valence electrons. The van der Waals surface area contributed by atoms with Gasteiger partial charge in [0.1, 0.15) is 0 Å². The average Bonchev–Trinajstić information content (AvgIpc) is 2.60. The summed E-state index contributed by atoms with van der Waals surface area (Å²) in [5, 5.41) is 3.22. The fourth-order valence-corrected chi connectivity index (χ4v) is 3.39. The lowest BCUT2D eigenvalue weighted by atomic mass is 9.96. The number of nitrogens with one attached hydrogen (secondary N) is 1. The van der Waals surface area contributed by atoms with E-state index in [1.54, 1.807) is 11.8 Å². The van der Waals surface area contributed by atoms with Crippen LogP contribution in [0.1, 0.15) is 42.2 Å². The van der Waals surface area contributed by atoms with Crippen LogP contribution in [0.5, 0.6) is 0 Å². The van der Waals surface area contributed by atoms with E-state index >= 15 is 0 Å². The summed E-state index contributed by atoms with van der Waals surface area (Å²) in [6.07, 6.45) is 2.77. The van der Waals surface area contributed by atoms with Gasteiger partial charge in [-0.25, -0.2) is 0 Å². The molecular formula is C21H25NOS. The van der Waals surface area contributed by atoms with Crippen molar-refractivity contribution < 1.29 is 4.79 Å². The largest absolute Gasteiger partial charge is 0.345 e. The maximum atomic E-state index is 12.8. The van der Waals surface area contributed by atoms with Crippen molar-refractivity contribution in [2.75, 3.05) is 5.75 Å². The van der Waals surface area contributed by atoms with Crippen LogP contribution in [0.2, 0.25) is 0 Å². The van der Waals surface area contributed by atoms with Crippen LogP contribution >= 0.6 is 11.8 Å². The molecule has 2 rings (SSSR count). The van der Waals surface area contributed by atoms with E-state index in [1.807, 2.05) is 48.5 Å². The Hall–Kier alpha value is -2.00. The molecule has 0 spiro atoms. The molecule has 0 radical (unpaired) electrons. The van der Waals surface area contributed by atoms with Crippen molar-refractivity contribution in [1.82, 2.24) is 5.32 Å². The van der Waals surface area contributed by atoms with Gasteiger partial charge in [0.15, 0.2) is 0 Å². The molecule has 2 aromatic rings. The van der Waals surface area contributed by atoms with E-state index in [4.69, 9.17) is 0 Å². The lowest BCUT2D eigenvalue weighted by Gasteiger charge is -2.22. The Morgan fingerprint density at radius 1 is 1.12 bits per heavy atom. The summed E-state index contributed by atoms with van der Waals surface area (Å²) in [5.74, 6) is 1.27. The van der Waals surface area contributed by atoms with Crippen molar-refractivity contribution >= 4 is 17.7 Å². The lowest BCUT2D eigenvalue weighted by molar-refractivity contribution is 0.0929. The third-order valence-corrected chi connectivity index (χ3v) is 4.77. The third kappa shape index (κ3) is 5.27. The lowest BCUT2D eigenvalue weighted by Crippen LogP contribution is -2.29. The van der Waals surface area contributed by atoms with Crippen LogP contribution in [-0.4, -0.2) is 11.7 Å². The number of hydrogen-bond donors (Lipinski definition) is 1. The summed E-state index contributed by atoms with van der Waals surface area (Å²) < 4.78 is 0. The van der Waals surface area contributed by atoms with Crippen molar-refractivity contribution in [3.63, 3.8) is 0 Å². The Labute approximate surface area is 149 Å². The normalized spacial score (nSPS) is 12.0. The third-order valence-electron chi connectivity index (χ3n) is 3.70. The van der Waals surface area contributed by atoms with Crippen LogP contribution in [0.4, 0.5) is 0 Å². The zero-order valence-electron chi connectivity index (χ0n) is 14.4. The van der Waals surface area contributed by atoms with E-state index in [0.29, 0.717) is 5.92 Å². The van der Waals surface area contributed by atoms with Crippen LogP contribution in [0.25, 0.3) is 0 Å². The second-order valence-electron chi connectivity index (χ2n) is 6.16. The summed E-state index contributed by atoms with van der Waals surface area (Å²) in [7, 11) is 0. The quantitative estimate of drug-likeness (QED) is 0.509. The number of carbonyl (C=O) groups is 1. The topological polar surface area (TPSA) is 29.1 Å². The van der Waals surface area contributed by atoms with Gasteiger partial charge in [0, 0.05) is 10.6 Å². The standard InChI is InChI=1S/C21H25NOS/c1-4-14-24-20-13-9-8-12-18(20)21(23)22-19(15-16(2)3)17-10-6-5-7-11-17/h4-13,16,19H,1,14-15H2,2-3H3,(H,22,23). The minimum absolute atomic E-state index is 0.0170. The van der Waals surface area contributed by atoms with Gasteiger partial charge in [-0.05, 0) is 30.0 Å². The van der Waals surface area contributed by atoms with Crippen molar-refractivity contribution in [2.45, 2.75) is 31.2 Å². The van der Waals surface area contributed by atoms with Crippen molar-refractivity contribution in [3.8, 4) is 0 Å². The first-order valence-corrected chi connectivity index (χ1v) is 9.29. The highest BCUT2D eigenvalue weighted by Gasteiger charge is 2.18. The molecular weight excluding hydrogens is 314 g/mol. The smallest absolute Gasteiger partial charge is 0.252 e. The predicted molar refractivity (Wildman–Crippen MR) is 103 cm³/mol. The molecule has 0 saturated carbocycles. The second kappa shape index (κ2) is 9.33. The zero-order valence-corrected chi connectivity index (χ0v) is 15.2. The van der Waals surface area contributed by atoms with Gasteiger partial charge in [-0.2, -0.15) is 0 Å². The van der Waals surface area contributed by atoms with E-state index in [0.717, 1.165) is 28.2 Å². The molecule has 0 aliphatic rings. The molecule has 1 N–H and O–H groups in total. The number of amides is 1. The Kier molecular flexibility index (Phi) is 7.13. The highest BCUT2D eigenvalue weighted by Crippen LogP contribution is 2.25. The Morgan fingerprint density at radius 3 is 2.46 bits per heavy atom. The Morgan fingerprint density at radius 2 is 1.79 bits per heavy atom. The second-order valence-corrected chi connectivity index (χ2v) is 7.22. The van der Waals surface area contributed by atoms with Crippen molar-refractivity contribution in [1.29, 1.82) is 0 Å². The molecule has 0 saturated heterocycles. The molecule has 0 aliphatic carbocycles. The van der Waals surface area contributed by atoms with Gasteiger partial charge in [0.2, 0.25) is 0 Å². The maximum Gasteiger partial charge on any atom is 0.252 e. The number of carbonyl (C=O) groups excluding carboxylic acids is 1. The summed E-state index contributed by atoms with van der Waals surface area (Å²) >= 11 is 1.63. The minimum atomic E-state index is -0.0170. The molecule has 0 heterocycles. The summed E-state index contributed by atoms with van der Waals surface area (Å²) in [5.41, 5.74) is 1.88. The molecule has 2 nitrogen and oxygen atoms in total. The van der Waals surface area contributed by atoms with E-state index in [1.165, 1.54) is 0 Å². The van der Waals surface area contributed by atoms with E-state index in [9.17, 15) is 4.79 Å². The number of benzene rings is 2. The average molecular weight is 340 g/mol. The SMILES string of the molecule is C=CCSc1ccccc1C(=O)NC(CC(C)C)c1ccccc1. The van der Waals surface area contributed by atoms with Crippen LogP contribution in [0.3, 0.4) is 0 Å². The minimum Gasteiger partial charge on any atom is -0.345 e. The van der Waals surface area contributed by atoms with Gasteiger partial charge < -0.3 is 5.32 Å². The molecule has 1 unspecified atom stereocenters. The molecule has 24 heavy (non-hydrogen) atoms. The molecule has 0 bridgehead atoms. The fraction of sp³-hybridized carbons (Fsp3) is 0.286. The molecule has 1 amide bonds. The predicted octanol–water partition coefficient (Wildman–Crippen LogP) is 5.48. The first-order chi connectivity index (χ1) is 11.6.